The lowest BCUT2D eigenvalue weighted by Crippen LogP contribution is -2.06. The second-order valence-corrected chi connectivity index (χ2v) is 4.85. The lowest BCUT2D eigenvalue weighted by Gasteiger charge is -2.14. The summed E-state index contributed by atoms with van der Waals surface area (Å²) < 4.78 is 0. The second kappa shape index (κ2) is 6.39. The quantitative estimate of drug-likeness (QED) is 0.851. The maximum absolute atomic E-state index is 9.30. The fraction of sp³-hybridized carbons (Fsp3) is 0.294. The van der Waals surface area contributed by atoms with E-state index in [4.69, 9.17) is 5.73 Å². The minimum Gasteiger partial charge on any atom is -0.508 e. The topological polar surface area (TPSA) is 46.2 Å². The van der Waals surface area contributed by atoms with Crippen LogP contribution < -0.4 is 5.73 Å². The molecule has 1 atom stereocenters. The normalized spacial score (nSPS) is 12.3. The molecule has 19 heavy (non-hydrogen) atoms. The number of rotatable bonds is 5. The van der Waals surface area contributed by atoms with Crippen LogP contribution >= 0.6 is 0 Å². The molecular formula is C17H21NO. The van der Waals surface area contributed by atoms with Crippen LogP contribution in [0.2, 0.25) is 0 Å². The van der Waals surface area contributed by atoms with Crippen molar-refractivity contribution in [3.8, 4) is 16.9 Å². The Morgan fingerprint density at radius 3 is 1.95 bits per heavy atom. The maximum atomic E-state index is 9.30. The first kappa shape index (κ1) is 13.6. The zero-order valence-corrected chi connectivity index (χ0v) is 11.3. The van der Waals surface area contributed by atoms with Gasteiger partial charge in [0.05, 0.1) is 0 Å². The fourth-order valence-corrected chi connectivity index (χ4v) is 2.41. The monoisotopic (exact) mass is 255 g/mol. The van der Waals surface area contributed by atoms with Crippen LogP contribution in [0.25, 0.3) is 11.1 Å². The lowest BCUT2D eigenvalue weighted by atomic mass is 9.92. The van der Waals surface area contributed by atoms with Gasteiger partial charge in [0.15, 0.2) is 0 Å². The average Bonchev–Trinajstić information content (AvgIpc) is 2.46. The van der Waals surface area contributed by atoms with Crippen molar-refractivity contribution in [3.05, 3.63) is 54.1 Å². The third-order valence-corrected chi connectivity index (χ3v) is 3.59. The summed E-state index contributed by atoms with van der Waals surface area (Å²) >= 11 is 0. The third kappa shape index (κ3) is 3.36. The molecule has 0 aliphatic carbocycles. The van der Waals surface area contributed by atoms with Crippen molar-refractivity contribution in [2.45, 2.75) is 25.7 Å². The van der Waals surface area contributed by atoms with E-state index in [-0.39, 0.29) is 0 Å². The smallest absolute Gasteiger partial charge is 0.115 e. The van der Waals surface area contributed by atoms with Crippen molar-refractivity contribution in [2.24, 2.45) is 5.73 Å². The van der Waals surface area contributed by atoms with E-state index in [1.165, 1.54) is 11.1 Å². The molecule has 0 radical (unpaired) electrons. The Balaban J connectivity index is 2.20. The fourth-order valence-electron chi connectivity index (χ4n) is 2.41. The summed E-state index contributed by atoms with van der Waals surface area (Å²) in [6, 6.07) is 15.9. The first-order valence-electron chi connectivity index (χ1n) is 6.84. The van der Waals surface area contributed by atoms with E-state index < -0.39 is 0 Å². The van der Waals surface area contributed by atoms with Crippen molar-refractivity contribution in [3.63, 3.8) is 0 Å². The van der Waals surface area contributed by atoms with E-state index in [0.29, 0.717) is 11.7 Å². The van der Waals surface area contributed by atoms with Crippen LogP contribution in [0.15, 0.2) is 48.5 Å². The van der Waals surface area contributed by atoms with Gasteiger partial charge >= 0.3 is 0 Å². The number of phenolic OH excluding ortho intramolecular Hbond substituents is 1. The van der Waals surface area contributed by atoms with E-state index >= 15 is 0 Å². The van der Waals surface area contributed by atoms with Crippen LogP contribution in [0.1, 0.15) is 31.2 Å². The average molecular weight is 255 g/mol. The second-order valence-electron chi connectivity index (χ2n) is 4.85. The Morgan fingerprint density at radius 2 is 1.47 bits per heavy atom. The van der Waals surface area contributed by atoms with Gasteiger partial charge in [0, 0.05) is 0 Å². The molecule has 2 nitrogen and oxygen atoms in total. The zero-order chi connectivity index (χ0) is 13.7. The first-order valence-corrected chi connectivity index (χ1v) is 6.84. The minimum absolute atomic E-state index is 0.300. The molecule has 0 aliphatic heterocycles. The number of hydrogen-bond acceptors (Lipinski definition) is 2. The van der Waals surface area contributed by atoms with Crippen LogP contribution in [0.4, 0.5) is 0 Å². The lowest BCUT2D eigenvalue weighted by molar-refractivity contribution is 0.475. The molecule has 0 aliphatic rings. The molecule has 2 heteroatoms. The highest BCUT2D eigenvalue weighted by Crippen LogP contribution is 2.27. The largest absolute Gasteiger partial charge is 0.508 e. The van der Waals surface area contributed by atoms with Gasteiger partial charge in [-0.15, -0.1) is 0 Å². The van der Waals surface area contributed by atoms with Crippen LogP contribution in [-0.2, 0) is 0 Å². The predicted octanol–water partition coefficient (Wildman–Crippen LogP) is 3.90. The third-order valence-electron chi connectivity index (χ3n) is 3.59. The summed E-state index contributed by atoms with van der Waals surface area (Å²) in [5.74, 6) is 0.855. The van der Waals surface area contributed by atoms with Gasteiger partial charge in [-0.2, -0.15) is 0 Å². The van der Waals surface area contributed by atoms with Crippen molar-refractivity contribution in [1.29, 1.82) is 0 Å². The van der Waals surface area contributed by atoms with Gasteiger partial charge in [-0.1, -0.05) is 43.3 Å². The molecular weight excluding hydrogens is 234 g/mol. The van der Waals surface area contributed by atoms with Crippen molar-refractivity contribution in [2.75, 3.05) is 6.54 Å². The summed E-state index contributed by atoms with van der Waals surface area (Å²) in [4.78, 5) is 0. The number of hydrogen-bond donors (Lipinski definition) is 2. The van der Waals surface area contributed by atoms with Gasteiger partial charge in [-0.3, -0.25) is 0 Å². The molecule has 0 fully saturated rings. The molecule has 0 aromatic heterocycles. The Morgan fingerprint density at radius 1 is 0.947 bits per heavy atom. The molecule has 2 aromatic rings. The molecule has 0 saturated heterocycles. The Labute approximate surface area is 114 Å². The van der Waals surface area contributed by atoms with Crippen molar-refractivity contribution < 1.29 is 5.11 Å². The summed E-state index contributed by atoms with van der Waals surface area (Å²) in [6.45, 7) is 2.94. The standard InChI is InChI=1S/C17H21NO/c1-2-13(11-12-18)14-3-5-15(6-4-14)16-7-9-17(19)10-8-16/h3-10,13,19H,2,11-12,18H2,1H3. The van der Waals surface area contributed by atoms with Gasteiger partial charge in [0.2, 0.25) is 0 Å². The van der Waals surface area contributed by atoms with Gasteiger partial charge in [-0.25, -0.2) is 0 Å². The maximum Gasteiger partial charge on any atom is 0.115 e. The van der Waals surface area contributed by atoms with Crippen molar-refractivity contribution >= 4 is 0 Å². The predicted molar refractivity (Wildman–Crippen MR) is 80.2 cm³/mol. The zero-order valence-electron chi connectivity index (χ0n) is 11.3. The molecule has 2 aromatic carbocycles. The van der Waals surface area contributed by atoms with Crippen LogP contribution in [-0.4, -0.2) is 11.7 Å². The summed E-state index contributed by atoms with van der Waals surface area (Å²) in [5, 5.41) is 9.30. The van der Waals surface area contributed by atoms with Crippen LogP contribution in [0, 0.1) is 0 Å². The molecule has 3 N–H and O–H groups in total. The molecule has 100 valence electrons. The van der Waals surface area contributed by atoms with Gasteiger partial charge < -0.3 is 10.8 Å². The highest BCUT2D eigenvalue weighted by molar-refractivity contribution is 5.64. The summed E-state index contributed by atoms with van der Waals surface area (Å²) in [6.07, 6.45) is 2.16. The molecule has 2 rings (SSSR count). The Kier molecular flexibility index (Phi) is 4.58. The molecule has 0 amide bonds. The number of nitrogens with two attached hydrogens (primary N) is 1. The minimum atomic E-state index is 0.300. The molecule has 0 saturated carbocycles. The molecule has 1 unspecified atom stereocenters. The van der Waals surface area contributed by atoms with Crippen LogP contribution in [0.5, 0.6) is 5.75 Å². The highest BCUT2D eigenvalue weighted by Gasteiger charge is 2.08. The molecule has 0 heterocycles. The number of benzene rings is 2. The van der Waals surface area contributed by atoms with E-state index in [0.717, 1.165) is 24.9 Å². The van der Waals surface area contributed by atoms with Crippen LogP contribution in [0.3, 0.4) is 0 Å². The SMILES string of the molecule is CCC(CCN)c1ccc(-c2ccc(O)cc2)cc1. The summed E-state index contributed by atoms with van der Waals surface area (Å²) in [7, 11) is 0. The molecule has 0 bridgehead atoms. The van der Waals surface area contributed by atoms with Crippen molar-refractivity contribution in [1.82, 2.24) is 0 Å². The van der Waals surface area contributed by atoms with E-state index in [1.807, 2.05) is 12.1 Å². The summed E-state index contributed by atoms with van der Waals surface area (Å²) in [5.41, 5.74) is 9.30. The first-order chi connectivity index (χ1) is 9.24. The van der Waals surface area contributed by atoms with Gasteiger partial charge in [-0.05, 0) is 54.1 Å². The van der Waals surface area contributed by atoms with E-state index in [2.05, 4.69) is 31.2 Å². The number of aromatic hydroxyl groups is 1. The number of phenols is 1. The molecule has 0 spiro atoms. The Hall–Kier alpha value is -1.80. The Bertz CT molecular complexity index is 502. The van der Waals surface area contributed by atoms with E-state index in [9.17, 15) is 5.11 Å². The highest BCUT2D eigenvalue weighted by atomic mass is 16.3. The van der Waals surface area contributed by atoms with Gasteiger partial charge in [0.25, 0.3) is 0 Å². The van der Waals surface area contributed by atoms with Gasteiger partial charge in [0.1, 0.15) is 5.75 Å². The van der Waals surface area contributed by atoms with E-state index in [1.54, 1.807) is 12.1 Å².